The molecular weight excluding hydrogens is 428 g/mol. The Hall–Kier alpha value is -2.54. The number of hydrogen-bond donors (Lipinski definition) is 3. The van der Waals surface area contributed by atoms with E-state index in [-0.39, 0.29) is 18.0 Å². The Balaban J connectivity index is 1.29. The molecule has 1 aliphatic heterocycles. The summed E-state index contributed by atoms with van der Waals surface area (Å²) in [5.41, 5.74) is 14.1. The Morgan fingerprint density at radius 1 is 1.03 bits per heavy atom. The van der Waals surface area contributed by atoms with Gasteiger partial charge in [0.15, 0.2) is 0 Å². The highest BCUT2D eigenvalue weighted by atomic mass is 79.9. The fourth-order valence-corrected chi connectivity index (χ4v) is 4.72. The zero-order valence-electron chi connectivity index (χ0n) is 15.8. The summed E-state index contributed by atoms with van der Waals surface area (Å²) < 4.78 is 0.936. The number of amides is 1. The second-order valence-electron chi connectivity index (χ2n) is 7.54. The zero-order valence-corrected chi connectivity index (χ0v) is 17.4. The van der Waals surface area contributed by atoms with Crippen molar-refractivity contribution >= 4 is 38.8 Å². The molecule has 29 heavy (non-hydrogen) atoms. The third kappa shape index (κ3) is 3.48. The van der Waals surface area contributed by atoms with Gasteiger partial charge in [-0.1, -0.05) is 64.5 Å². The van der Waals surface area contributed by atoms with Crippen LogP contribution in [-0.2, 0) is 17.6 Å². The fourth-order valence-electron chi connectivity index (χ4n) is 4.33. The quantitative estimate of drug-likeness (QED) is 0.420. The highest BCUT2D eigenvalue weighted by Crippen LogP contribution is 2.36. The van der Waals surface area contributed by atoms with Gasteiger partial charge in [0.25, 0.3) is 5.91 Å². The third-order valence-corrected chi connectivity index (χ3v) is 6.51. The molecule has 1 aliphatic carbocycles. The largest absolute Gasteiger partial charge is 0.271 e. The Bertz CT molecular complexity index is 1120. The molecule has 2 aliphatic rings. The lowest BCUT2D eigenvalue weighted by atomic mass is 9.93. The first-order valence-electron chi connectivity index (χ1n) is 9.82. The monoisotopic (exact) mass is 448 g/mol. The van der Waals surface area contributed by atoms with Gasteiger partial charge in [-0.05, 0) is 52.8 Å². The van der Waals surface area contributed by atoms with E-state index in [4.69, 9.17) is 0 Å². The molecule has 2 unspecified atom stereocenters. The summed E-state index contributed by atoms with van der Waals surface area (Å²) in [6, 6.07) is 18.5. The van der Waals surface area contributed by atoms with Crippen molar-refractivity contribution in [1.29, 1.82) is 0 Å². The molecule has 3 N–H and O–H groups in total. The van der Waals surface area contributed by atoms with Crippen molar-refractivity contribution in [1.82, 2.24) is 16.3 Å². The molecule has 6 heteroatoms. The van der Waals surface area contributed by atoms with Crippen molar-refractivity contribution in [3.8, 4) is 0 Å². The first kappa shape index (κ1) is 18.5. The van der Waals surface area contributed by atoms with Gasteiger partial charge in [0.05, 0.1) is 6.21 Å². The molecule has 5 nitrogen and oxygen atoms in total. The minimum Gasteiger partial charge on any atom is -0.271 e. The average Bonchev–Trinajstić information content (AvgIpc) is 3.39. The van der Waals surface area contributed by atoms with E-state index < -0.39 is 0 Å². The van der Waals surface area contributed by atoms with E-state index in [1.165, 1.54) is 27.5 Å². The molecule has 1 amide bonds. The molecule has 0 radical (unpaired) electrons. The predicted octanol–water partition coefficient (Wildman–Crippen LogP) is 3.76. The van der Waals surface area contributed by atoms with Gasteiger partial charge in [-0.2, -0.15) is 5.10 Å². The number of rotatable bonds is 4. The summed E-state index contributed by atoms with van der Waals surface area (Å²) in [7, 11) is 0. The Kier molecular flexibility index (Phi) is 4.91. The van der Waals surface area contributed by atoms with E-state index in [0.29, 0.717) is 6.42 Å². The third-order valence-electron chi connectivity index (χ3n) is 5.79. The minimum atomic E-state index is -0.334. The molecule has 1 saturated heterocycles. The van der Waals surface area contributed by atoms with Crippen molar-refractivity contribution < 1.29 is 4.79 Å². The van der Waals surface area contributed by atoms with Crippen LogP contribution in [0.1, 0.15) is 34.7 Å². The van der Waals surface area contributed by atoms with Gasteiger partial charge in [-0.3, -0.25) is 4.79 Å². The lowest BCUT2D eigenvalue weighted by Crippen LogP contribution is -2.41. The minimum absolute atomic E-state index is 0.0860. The van der Waals surface area contributed by atoms with E-state index >= 15 is 0 Å². The smallest absolute Gasteiger partial charge is 0.258 e. The lowest BCUT2D eigenvalue weighted by molar-refractivity contribution is -0.122. The van der Waals surface area contributed by atoms with Crippen molar-refractivity contribution in [2.45, 2.75) is 31.3 Å². The number of hydrazone groups is 1. The second kappa shape index (κ2) is 7.71. The van der Waals surface area contributed by atoms with Crippen LogP contribution in [0.4, 0.5) is 0 Å². The van der Waals surface area contributed by atoms with Crippen LogP contribution in [0.25, 0.3) is 10.8 Å². The lowest BCUT2D eigenvalue weighted by Gasteiger charge is -2.14. The molecule has 0 bridgehead atoms. The van der Waals surface area contributed by atoms with Crippen LogP contribution < -0.4 is 16.3 Å². The van der Waals surface area contributed by atoms with Crippen LogP contribution in [-0.4, -0.2) is 18.2 Å². The number of nitrogens with zero attached hydrogens (tertiary/aromatic N) is 1. The number of carbonyl (C=O) groups is 1. The summed E-state index contributed by atoms with van der Waals surface area (Å²) in [6.07, 6.45) is 4.56. The molecule has 146 valence electrons. The van der Waals surface area contributed by atoms with Crippen LogP contribution in [0.3, 0.4) is 0 Å². The number of benzene rings is 3. The van der Waals surface area contributed by atoms with E-state index in [2.05, 4.69) is 67.6 Å². The van der Waals surface area contributed by atoms with E-state index in [9.17, 15) is 4.79 Å². The maximum absolute atomic E-state index is 12.5. The Labute approximate surface area is 177 Å². The predicted molar refractivity (Wildman–Crippen MR) is 119 cm³/mol. The van der Waals surface area contributed by atoms with Crippen molar-refractivity contribution in [2.75, 3.05) is 0 Å². The maximum Gasteiger partial charge on any atom is 0.258 e. The van der Waals surface area contributed by atoms with Crippen molar-refractivity contribution in [3.63, 3.8) is 0 Å². The molecule has 5 rings (SSSR count). The normalized spacial score (nSPS) is 20.6. The maximum atomic E-state index is 12.5. The van der Waals surface area contributed by atoms with Gasteiger partial charge in [-0.15, -0.1) is 0 Å². The Morgan fingerprint density at radius 3 is 2.72 bits per heavy atom. The van der Waals surface area contributed by atoms with Gasteiger partial charge in [0, 0.05) is 16.1 Å². The topological polar surface area (TPSA) is 65.5 Å². The summed E-state index contributed by atoms with van der Waals surface area (Å²) in [5.74, 6) is -0.144. The first-order chi connectivity index (χ1) is 14.2. The number of halogens is 1. The van der Waals surface area contributed by atoms with Crippen LogP contribution in [0, 0.1) is 0 Å². The number of hydrazine groups is 1. The van der Waals surface area contributed by atoms with E-state index in [0.717, 1.165) is 22.9 Å². The molecule has 1 heterocycles. The van der Waals surface area contributed by atoms with Gasteiger partial charge in [0.1, 0.15) is 6.04 Å². The summed E-state index contributed by atoms with van der Waals surface area (Å²) in [5, 5.41) is 6.80. The molecule has 2 atom stereocenters. The molecule has 0 spiro atoms. The molecular formula is C23H21BrN4O. The van der Waals surface area contributed by atoms with Crippen LogP contribution in [0.5, 0.6) is 0 Å². The molecule has 1 fully saturated rings. The highest BCUT2D eigenvalue weighted by Gasteiger charge is 2.31. The molecule has 0 aromatic heterocycles. The van der Waals surface area contributed by atoms with Crippen LogP contribution in [0.2, 0.25) is 0 Å². The number of carbonyl (C=O) groups excluding carboxylic acids is 1. The molecule has 3 aromatic rings. The average molecular weight is 449 g/mol. The van der Waals surface area contributed by atoms with Gasteiger partial charge < -0.3 is 0 Å². The van der Waals surface area contributed by atoms with E-state index in [1.807, 2.05) is 24.3 Å². The van der Waals surface area contributed by atoms with Gasteiger partial charge in [-0.25, -0.2) is 16.3 Å². The first-order valence-corrected chi connectivity index (χ1v) is 10.6. The number of hydrogen-bond acceptors (Lipinski definition) is 4. The number of aryl methyl sites for hydroxylation is 2. The van der Waals surface area contributed by atoms with Crippen molar-refractivity contribution in [2.24, 2.45) is 5.10 Å². The highest BCUT2D eigenvalue weighted by molar-refractivity contribution is 9.10. The standard InChI is InChI=1S/C23H21BrN4O/c24-19-7-2-1-4-16(19)13-25-28-23(29)21-12-20(26-27-21)17-11-10-15-9-8-14-5-3-6-18(17)22(14)15/h1-7,10-11,13,20-21,26-27H,8-9,12H2,(H,28,29)/b25-13+. The fraction of sp³-hybridized carbons (Fsp3) is 0.217. The number of nitrogens with one attached hydrogen (secondary N) is 3. The summed E-state index contributed by atoms with van der Waals surface area (Å²) in [6.45, 7) is 0. The SMILES string of the molecule is O=C(N/N=C/c1ccccc1Br)C1CC(c2ccc3c4c(cccc24)CC3)NN1. The van der Waals surface area contributed by atoms with Crippen LogP contribution in [0.15, 0.2) is 64.2 Å². The van der Waals surface area contributed by atoms with Crippen molar-refractivity contribution in [3.05, 3.63) is 81.3 Å². The Morgan fingerprint density at radius 2 is 1.86 bits per heavy atom. The molecule has 0 saturated carbocycles. The summed E-state index contributed by atoms with van der Waals surface area (Å²) in [4.78, 5) is 12.5. The molecule has 3 aromatic carbocycles. The van der Waals surface area contributed by atoms with E-state index in [1.54, 1.807) is 6.21 Å². The summed E-state index contributed by atoms with van der Waals surface area (Å²) >= 11 is 3.47. The van der Waals surface area contributed by atoms with Gasteiger partial charge in [0.2, 0.25) is 0 Å². The second-order valence-corrected chi connectivity index (χ2v) is 8.39. The van der Waals surface area contributed by atoms with Crippen LogP contribution >= 0.6 is 15.9 Å². The van der Waals surface area contributed by atoms with Gasteiger partial charge >= 0.3 is 0 Å². The zero-order chi connectivity index (χ0) is 19.8.